The first kappa shape index (κ1) is 12.5. The average Bonchev–Trinajstić information content (AvgIpc) is 2.39. The SMILES string of the molecule is O=C(Oc1cccnc1C(=O)O)c1ncccc1O. The predicted molar refractivity (Wildman–Crippen MR) is 62.1 cm³/mol. The van der Waals surface area contributed by atoms with Crippen molar-refractivity contribution in [2.45, 2.75) is 0 Å². The summed E-state index contributed by atoms with van der Waals surface area (Å²) < 4.78 is 4.87. The van der Waals surface area contributed by atoms with Crippen LogP contribution in [0.2, 0.25) is 0 Å². The number of hydrogen-bond acceptors (Lipinski definition) is 6. The molecule has 0 bridgehead atoms. The van der Waals surface area contributed by atoms with Crippen LogP contribution in [0.3, 0.4) is 0 Å². The molecule has 0 amide bonds. The predicted octanol–water partition coefficient (Wildman–Crippen LogP) is 1.10. The van der Waals surface area contributed by atoms with Gasteiger partial charge in [-0.3, -0.25) is 0 Å². The molecule has 0 saturated heterocycles. The van der Waals surface area contributed by atoms with Crippen LogP contribution in [0.5, 0.6) is 11.5 Å². The number of aromatic hydroxyl groups is 1. The van der Waals surface area contributed by atoms with Crippen molar-refractivity contribution in [2.75, 3.05) is 0 Å². The number of rotatable bonds is 3. The van der Waals surface area contributed by atoms with Crippen LogP contribution in [-0.2, 0) is 0 Å². The van der Waals surface area contributed by atoms with Crippen LogP contribution in [0.25, 0.3) is 0 Å². The quantitative estimate of drug-likeness (QED) is 0.795. The molecule has 0 radical (unpaired) electrons. The molecule has 2 heterocycles. The Balaban J connectivity index is 2.30. The number of esters is 1. The van der Waals surface area contributed by atoms with E-state index >= 15 is 0 Å². The van der Waals surface area contributed by atoms with Crippen molar-refractivity contribution >= 4 is 11.9 Å². The standard InChI is InChI=1S/C12H8N2O5/c15-7-3-1-5-13-9(7)12(18)19-8-4-2-6-14-10(8)11(16)17/h1-6,15H,(H,16,17). The smallest absolute Gasteiger partial charge is 0.366 e. The van der Waals surface area contributed by atoms with Crippen LogP contribution in [0.4, 0.5) is 0 Å². The first-order valence-electron chi connectivity index (χ1n) is 5.14. The fourth-order valence-electron chi connectivity index (χ4n) is 1.34. The number of ether oxygens (including phenoxy) is 1. The highest BCUT2D eigenvalue weighted by Gasteiger charge is 2.19. The Kier molecular flexibility index (Phi) is 3.37. The molecule has 0 atom stereocenters. The summed E-state index contributed by atoms with van der Waals surface area (Å²) in [4.78, 5) is 29.9. The monoisotopic (exact) mass is 260 g/mol. The van der Waals surface area contributed by atoms with Crippen molar-refractivity contribution in [3.05, 3.63) is 48.0 Å². The number of carbonyl (C=O) groups is 2. The molecular weight excluding hydrogens is 252 g/mol. The van der Waals surface area contributed by atoms with Crippen LogP contribution < -0.4 is 4.74 Å². The highest BCUT2D eigenvalue weighted by Crippen LogP contribution is 2.19. The van der Waals surface area contributed by atoms with Gasteiger partial charge in [-0.15, -0.1) is 0 Å². The third-order valence-electron chi connectivity index (χ3n) is 2.16. The number of carboxylic acids is 1. The largest absolute Gasteiger partial charge is 0.505 e. The Morgan fingerprint density at radius 3 is 2.32 bits per heavy atom. The topological polar surface area (TPSA) is 110 Å². The maximum absolute atomic E-state index is 11.7. The maximum Gasteiger partial charge on any atom is 0.366 e. The molecule has 0 aromatic carbocycles. The number of carbonyl (C=O) groups excluding carboxylic acids is 1. The van der Waals surface area contributed by atoms with E-state index in [-0.39, 0.29) is 17.2 Å². The van der Waals surface area contributed by atoms with Gasteiger partial charge in [0.05, 0.1) is 0 Å². The average molecular weight is 260 g/mol. The van der Waals surface area contributed by atoms with E-state index in [9.17, 15) is 14.7 Å². The lowest BCUT2D eigenvalue weighted by Crippen LogP contribution is -2.13. The zero-order valence-corrected chi connectivity index (χ0v) is 9.48. The molecule has 7 nitrogen and oxygen atoms in total. The van der Waals surface area contributed by atoms with Crippen molar-refractivity contribution in [2.24, 2.45) is 0 Å². The minimum Gasteiger partial charge on any atom is -0.505 e. The molecule has 2 N–H and O–H groups in total. The van der Waals surface area contributed by atoms with E-state index < -0.39 is 17.6 Å². The van der Waals surface area contributed by atoms with Crippen molar-refractivity contribution in [1.29, 1.82) is 0 Å². The van der Waals surface area contributed by atoms with Crippen molar-refractivity contribution in [3.8, 4) is 11.5 Å². The molecule has 0 aliphatic carbocycles. The molecule has 0 saturated carbocycles. The minimum atomic E-state index is -1.33. The fraction of sp³-hybridized carbons (Fsp3) is 0. The van der Waals surface area contributed by atoms with Gasteiger partial charge in [0.15, 0.2) is 17.1 Å². The summed E-state index contributed by atoms with van der Waals surface area (Å²) in [5, 5.41) is 18.3. The summed E-state index contributed by atoms with van der Waals surface area (Å²) in [5.41, 5.74) is -0.700. The molecule has 2 aromatic heterocycles. The molecule has 96 valence electrons. The summed E-state index contributed by atoms with van der Waals surface area (Å²) in [5.74, 6) is -2.86. The second-order valence-corrected chi connectivity index (χ2v) is 3.42. The van der Waals surface area contributed by atoms with E-state index in [1.165, 1.54) is 36.7 Å². The zero-order valence-electron chi connectivity index (χ0n) is 9.48. The zero-order chi connectivity index (χ0) is 13.8. The number of hydrogen-bond donors (Lipinski definition) is 2. The third-order valence-corrected chi connectivity index (χ3v) is 2.16. The summed E-state index contributed by atoms with van der Waals surface area (Å²) >= 11 is 0. The second kappa shape index (κ2) is 5.13. The van der Waals surface area contributed by atoms with Crippen LogP contribution in [0.15, 0.2) is 36.7 Å². The van der Waals surface area contributed by atoms with Gasteiger partial charge in [-0.05, 0) is 24.3 Å². The molecule has 0 aliphatic rings. The van der Waals surface area contributed by atoms with Gasteiger partial charge < -0.3 is 14.9 Å². The number of nitrogens with zero attached hydrogens (tertiary/aromatic N) is 2. The van der Waals surface area contributed by atoms with E-state index in [2.05, 4.69) is 9.97 Å². The summed E-state index contributed by atoms with van der Waals surface area (Å²) in [6.07, 6.45) is 2.57. The molecule has 0 unspecified atom stereocenters. The molecule has 2 aromatic rings. The Morgan fingerprint density at radius 1 is 1.05 bits per heavy atom. The summed E-state index contributed by atoms with van der Waals surface area (Å²) in [6.45, 7) is 0. The minimum absolute atomic E-state index is 0.218. The lowest BCUT2D eigenvalue weighted by molar-refractivity contribution is 0.0672. The van der Waals surface area contributed by atoms with Crippen molar-refractivity contribution in [3.63, 3.8) is 0 Å². The number of aromatic nitrogens is 2. The van der Waals surface area contributed by atoms with Crippen molar-refractivity contribution < 1.29 is 24.5 Å². The Bertz CT molecular complexity index is 642. The van der Waals surface area contributed by atoms with Gasteiger partial charge in [-0.25, -0.2) is 19.6 Å². The van der Waals surface area contributed by atoms with Crippen LogP contribution in [0.1, 0.15) is 21.0 Å². The molecule has 7 heteroatoms. The number of aromatic carboxylic acids is 1. The number of carboxylic acid groups (broad SMARTS) is 1. The van der Waals surface area contributed by atoms with Gasteiger partial charge in [0.1, 0.15) is 5.75 Å². The lowest BCUT2D eigenvalue weighted by Gasteiger charge is -2.06. The van der Waals surface area contributed by atoms with Crippen LogP contribution >= 0.6 is 0 Å². The van der Waals surface area contributed by atoms with Gasteiger partial charge in [-0.1, -0.05) is 0 Å². The highest BCUT2D eigenvalue weighted by atomic mass is 16.5. The van der Waals surface area contributed by atoms with Gasteiger partial charge in [0, 0.05) is 12.4 Å². The molecule has 0 aliphatic heterocycles. The van der Waals surface area contributed by atoms with E-state index in [1.54, 1.807) is 0 Å². The van der Waals surface area contributed by atoms with Gasteiger partial charge in [0.25, 0.3) is 0 Å². The Labute approximate surface area is 107 Å². The summed E-state index contributed by atoms with van der Waals surface area (Å²) in [7, 11) is 0. The summed E-state index contributed by atoms with van der Waals surface area (Å²) in [6, 6.07) is 5.42. The van der Waals surface area contributed by atoms with E-state index in [4.69, 9.17) is 9.84 Å². The van der Waals surface area contributed by atoms with E-state index in [1.807, 2.05) is 0 Å². The van der Waals surface area contributed by atoms with Crippen LogP contribution in [0, 0.1) is 0 Å². The van der Waals surface area contributed by atoms with Crippen LogP contribution in [-0.4, -0.2) is 32.1 Å². The molecule has 2 rings (SSSR count). The van der Waals surface area contributed by atoms with Crippen molar-refractivity contribution in [1.82, 2.24) is 9.97 Å². The Hall–Kier alpha value is -2.96. The maximum atomic E-state index is 11.7. The second-order valence-electron chi connectivity index (χ2n) is 3.42. The van der Waals surface area contributed by atoms with Gasteiger partial charge >= 0.3 is 11.9 Å². The van der Waals surface area contributed by atoms with Gasteiger partial charge in [0.2, 0.25) is 0 Å². The fourth-order valence-corrected chi connectivity index (χ4v) is 1.34. The molecule has 19 heavy (non-hydrogen) atoms. The van der Waals surface area contributed by atoms with Gasteiger partial charge in [-0.2, -0.15) is 0 Å². The highest BCUT2D eigenvalue weighted by molar-refractivity contribution is 5.94. The first-order valence-corrected chi connectivity index (χ1v) is 5.14. The molecule has 0 fully saturated rings. The van der Waals surface area contributed by atoms with E-state index in [0.29, 0.717) is 0 Å². The Morgan fingerprint density at radius 2 is 1.68 bits per heavy atom. The molecular formula is C12H8N2O5. The first-order chi connectivity index (χ1) is 9.09. The number of pyridine rings is 2. The molecule has 0 spiro atoms. The normalized spacial score (nSPS) is 9.89. The van der Waals surface area contributed by atoms with E-state index in [0.717, 1.165) is 0 Å². The third kappa shape index (κ3) is 2.65. The lowest BCUT2D eigenvalue weighted by atomic mass is 10.3.